The van der Waals surface area contributed by atoms with Gasteiger partial charge in [0.25, 0.3) is 0 Å². The third-order valence-corrected chi connectivity index (χ3v) is 2.26. The monoisotopic (exact) mass is 392 g/mol. The summed E-state index contributed by atoms with van der Waals surface area (Å²) in [4.78, 5) is 9.87. The van der Waals surface area contributed by atoms with E-state index in [0.29, 0.717) is 6.42 Å². The van der Waals surface area contributed by atoms with Crippen LogP contribution in [0.2, 0.25) is 0 Å². The minimum absolute atomic E-state index is 0.327. The van der Waals surface area contributed by atoms with Crippen molar-refractivity contribution >= 4 is 5.97 Å². The number of aliphatic hydroxyl groups is 9. The Morgan fingerprint density at radius 1 is 0.654 bits per heavy atom. The van der Waals surface area contributed by atoms with Crippen molar-refractivity contribution in [2.24, 2.45) is 0 Å². The zero-order chi connectivity index (χ0) is 21.4. The van der Waals surface area contributed by atoms with Crippen LogP contribution >= 0.6 is 0 Å². The highest BCUT2D eigenvalue weighted by Gasteiger charge is 1.95. The third kappa shape index (κ3) is 43.5. The van der Waals surface area contributed by atoms with Gasteiger partial charge in [-0.05, 0) is 6.42 Å². The summed E-state index contributed by atoms with van der Waals surface area (Å²) in [6, 6.07) is 0. The van der Waals surface area contributed by atoms with Crippen molar-refractivity contribution in [1.82, 2.24) is 0 Å². The first-order valence-electron chi connectivity index (χ1n) is 8.11. The second-order valence-corrected chi connectivity index (χ2v) is 4.91. The Labute approximate surface area is 153 Å². The molecule has 0 aliphatic rings. The predicted octanol–water partition coefficient (Wildman–Crippen LogP) is -3.35. The molecule has 26 heavy (non-hydrogen) atoms. The van der Waals surface area contributed by atoms with E-state index >= 15 is 0 Å². The van der Waals surface area contributed by atoms with E-state index in [4.69, 9.17) is 51.1 Å². The molecule has 0 saturated carbocycles. The van der Waals surface area contributed by atoms with E-state index in [1.165, 1.54) is 0 Å². The van der Waals surface area contributed by atoms with E-state index < -0.39 is 24.3 Å². The Morgan fingerprint density at radius 3 is 1.04 bits per heavy atom. The summed E-state index contributed by atoms with van der Waals surface area (Å²) in [5.41, 5.74) is 0. The molecule has 0 aromatic rings. The maximum atomic E-state index is 9.87. The summed E-state index contributed by atoms with van der Waals surface area (Å²) >= 11 is 0. The van der Waals surface area contributed by atoms with Gasteiger partial charge in [-0.15, -0.1) is 0 Å². The molecule has 0 fully saturated rings. The van der Waals surface area contributed by atoms with Gasteiger partial charge in [0.1, 0.15) is 18.3 Å². The van der Waals surface area contributed by atoms with Gasteiger partial charge in [0.05, 0.1) is 39.6 Å². The average molecular weight is 392 g/mol. The largest absolute Gasteiger partial charge is 0.481 e. The molecule has 0 rings (SSSR count). The van der Waals surface area contributed by atoms with Crippen molar-refractivity contribution in [2.45, 2.75) is 50.9 Å². The van der Waals surface area contributed by atoms with Gasteiger partial charge in [-0.3, -0.25) is 4.79 Å². The smallest absolute Gasteiger partial charge is 0.303 e. The molecule has 0 heterocycles. The first kappa shape index (κ1) is 32.8. The molecule has 0 aromatic carbocycles. The second-order valence-electron chi connectivity index (χ2n) is 4.91. The highest BCUT2D eigenvalue weighted by atomic mass is 16.4. The molecule has 0 atom stereocenters. The van der Waals surface area contributed by atoms with Crippen LogP contribution in [0.25, 0.3) is 0 Å². The number of carbonyl (C=O) groups is 1. The topological polar surface area (TPSA) is 219 Å². The van der Waals surface area contributed by atoms with Crippen molar-refractivity contribution in [2.75, 3.05) is 39.6 Å². The highest BCUT2D eigenvalue weighted by Crippen LogP contribution is 1.97. The molecule has 0 aliphatic heterocycles. The molecule has 162 valence electrons. The minimum atomic E-state index is -0.954. The standard InChI is InChI=1S/C6H12O2.3C3H8O3/c1-2-3-4-5-6(7)8;3*4-1-3(6)2-5/h2-5H2,1H3,(H,7,8);3*3-6H,1-2H2. The van der Waals surface area contributed by atoms with Crippen molar-refractivity contribution < 1.29 is 55.9 Å². The first-order chi connectivity index (χ1) is 12.2. The lowest BCUT2D eigenvalue weighted by Gasteiger charge is -1.96. The quantitative estimate of drug-likeness (QED) is 0.165. The van der Waals surface area contributed by atoms with Crippen molar-refractivity contribution in [3.63, 3.8) is 0 Å². The lowest BCUT2D eigenvalue weighted by molar-refractivity contribution is -0.137. The predicted molar refractivity (Wildman–Crippen MR) is 92.3 cm³/mol. The summed E-state index contributed by atoms with van der Waals surface area (Å²) in [7, 11) is 0. The molecule has 0 aliphatic carbocycles. The van der Waals surface area contributed by atoms with Crippen LogP contribution in [0.5, 0.6) is 0 Å². The average Bonchev–Trinajstić information content (AvgIpc) is 2.67. The van der Waals surface area contributed by atoms with Crippen molar-refractivity contribution in [3.8, 4) is 0 Å². The van der Waals surface area contributed by atoms with Crippen LogP contribution in [-0.4, -0.2) is 115 Å². The van der Waals surface area contributed by atoms with Crippen molar-refractivity contribution in [3.05, 3.63) is 0 Å². The summed E-state index contributed by atoms with van der Waals surface area (Å²) in [5, 5.41) is 80.2. The van der Waals surface area contributed by atoms with E-state index in [-0.39, 0.29) is 39.6 Å². The van der Waals surface area contributed by atoms with Gasteiger partial charge in [-0.2, -0.15) is 0 Å². The Balaban J connectivity index is -0.000000125. The van der Waals surface area contributed by atoms with E-state index in [1.807, 2.05) is 0 Å². The van der Waals surface area contributed by atoms with Crippen LogP contribution in [-0.2, 0) is 4.79 Å². The fourth-order valence-corrected chi connectivity index (χ4v) is 0.699. The molecule has 0 amide bonds. The molecule has 0 spiro atoms. The van der Waals surface area contributed by atoms with E-state index in [0.717, 1.165) is 19.3 Å². The van der Waals surface area contributed by atoms with Gasteiger partial charge in [-0.25, -0.2) is 0 Å². The number of hydrogen-bond acceptors (Lipinski definition) is 10. The van der Waals surface area contributed by atoms with E-state index in [1.54, 1.807) is 0 Å². The number of carboxylic acids is 1. The molecular weight excluding hydrogens is 356 g/mol. The fourth-order valence-electron chi connectivity index (χ4n) is 0.699. The summed E-state index contributed by atoms with van der Waals surface area (Å²) < 4.78 is 0. The summed E-state index contributed by atoms with van der Waals surface area (Å²) in [5.74, 6) is -0.682. The molecule has 0 unspecified atom stereocenters. The van der Waals surface area contributed by atoms with Gasteiger partial charge in [0, 0.05) is 6.42 Å². The van der Waals surface area contributed by atoms with Gasteiger partial charge in [-0.1, -0.05) is 19.8 Å². The number of carboxylic acid groups (broad SMARTS) is 1. The van der Waals surface area contributed by atoms with E-state index in [9.17, 15) is 4.79 Å². The van der Waals surface area contributed by atoms with Crippen LogP contribution in [0.1, 0.15) is 32.6 Å². The van der Waals surface area contributed by atoms with Gasteiger partial charge in [0.15, 0.2) is 0 Å². The van der Waals surface area contributed by atoms with Crippen LogP contribution < -0.4 is 0 Å². The Bertz CT molecular complexity index is 218. The zero-order valence-electron chi connectivity index (χ0n) is 15.2. The molecule has 10 N–H and O–H groups in total. The zero-order valence-corrected chi connectivity index (χ0v) is 15.2. The minimum Gasteiger partial charge on any atom is -0.481 e. The second kappa shape index (κ2) is 28.9. The van der Waals surface area contributed by atoms with Crippen molar-refractivity contribution in [1.29, 1.82) is 0 Å². The Hall–Kier alpha value is -0.890. The summed E-state index contributed by atoms with van der Waals surface area (Å²) in [6.45, 7) is -0.130. The highest BCUT2D eigenvalue weighted by molar-refractivity contribution is 5.66. The number of unbranched alkanes of at least 4 members (excludes halogenated alkanes) is 2. The van der Waals surface area contributed by atoms with Gasteiger partial charge in [0.2, 0.25) is 0 Å². The SMILES string of the molecule is CCCCCC(=O)O.OCC(O)CO.OCC(O)CO.OCC(O)CO. The molecule has 11 heteroatoms. The van der Waals surface area contributed by atoms with Crippen LogP contribution in [0, 0.1) is 0 Å². The fraction of sp³-hybridized carbons (Fsp3) is 0.933. The Kier molecular flexibility index (Phi) is 36.4. The van der Waals surface area contributed by atoms with Crippen LogP contribution in [0.3, 0.4) is 0 Å². The molecule has 0 bridgehead atoms. The number of hydrogen-bond donors (Lipinski definition) is 10. The molecule has 11 nitrogen and oxygen atoms in total. The van der Waals surface area contributed by atoms with E-state index in [2.05, 4.69) is 6.92 Å². The first-order valence-corrected chi connectivity index (χ1v) is 8.11. The normalized spacial score (nSPS) is 9.73. The third-order valence-electron chi connectivity index (χ3n) is 2.26. The lowest BCUT2D eigenvalue weighted by Crippen LogP contribution is -2.15. The maximum Gasteiger partial charge on any atom is 0.303 e. The van der Waals surface area contributed by atoms with Crippen LogP contribution in [0.15, 0.2) is 0 Å². The molecule has 0 radical (unpaired) electrons. The summed E-state index contributed by atoms with van der Waals surface area (Å²) in [6.07, 6.45) is 0.416. The number of aliphatic carboxylic acids is 1. The number of rotatable bonds is 10. The molecule has 0 saturated heterocycles. The molecule has 0 aromatic heterocycles. The van der Waals surface area contributed by atoms with Crippen LogP contribution in [0.4, 0.5) is 0 Å². The molecular formula is C15H36O11. The Morgan fingerprint density at radius 2 is 0.923 bits per heavy atom. The van der Waals surface area contributed by atoms with Gasteiger partial charge >= 0.3 is 5.97 Å². The number of aliphatic hydroxyl groups excluding tert-OH is 9. The lowest BCUT2D eigenvalue weighted by atomic mass is 10.2. The van der Waals surface area contributed by atoms with Gasteiger partial charge < -0.3 is 51.1 Å². The maximum absolute atomic E-state index is 9.87.